The summed E-state index contributed by atoms with van der Waals surface area (Å²) in [6, 6.07) is 57.0. The van der Waals surface area contributed by atoms with Crippen LogP contribution in [0.1, 0.15) is 0 Å². The van der Waals surface area contributed by atoms with Gasteiger partial charge in [-0.05, 0) is 52.6 Å². The molecular weight excluding hydrogens is 631 g/mol. The van der Waals surface area contributed by atoms with E-state index in [0.29, 0.717) is 17.5 Å². The molecule has 0 atom stereocenters. The van der Waals surface area contributed by atoms with Crippen molar-refractivity contribution >= 4 is 53.4 Å². The third kappa shape index (κ3) is 4.87. The Morgan fingerprint density at radius 3 is 1.76 bits per heavy atom. The molecule has 0 saturated carbocycles. The number of furan rings is 1. The van der Waals surface area contributed by atoms with Gasteiger partial charge in [-0.15, -0.1) is 11.3 Å². The highest BCUT2D eigenvalue weighted by Gasteiger charge is 2.18. The van der Waals surface area contributed by atoms with Crippen molar-refractivity contribution in [1.29, 1.82) is 0 Å². The fourth-order valence-corrected chi connectivity index (χ4v) is 8.01. The SMILES string of the molecule is c1ccc(-c2ccc(-c3ccc4sc5cc(-c6nc(-c7ccccc7)nc(-c7cccc8oc9ccccc9c78)n6)ccc5c4c3)cc2)cc1. The summed E-state index contributed by atoms with van der Waals surface area (Å²) < 4.78 is 8.66. The highest BCUT2D eigenvalue weighted by atomic mass is 32.1. The molecule has 0 N–H and O–H groups in total. The Balaban J connectivity index is 1.08. The van der Waals surface area contributed by atoms with Gasteiger partial charge in [-0.3, -0.25) is 0 Å². The molecule has 50 heavy (non-hydrogen) atoms. The van der Waals surface area contributed by atoms with Gasteiger partial charge in [-0.2, -0.15) is 0 Å². The smallest absolute Gasteiger partial charge is 0.164 e. The molecule has 3 aromatic heterocycles. The topological polar surface area (TPSA) is 51.8 Å². The Hall–Kier alpha value is -6.43. The van der Waals surface area contributed by atoms with Crippen LogP contribution in [0.25, 0.3) is 98.5 Å². The van der Waals surface area contributed by atoms with Gasteiger partial charge in [-0.25, -0.2) is 15.0 Å². The zero-order chi connectivity index (χ0) is 33.0. The van der Waals surface area contributed by atoms with Crippen LogP contribution < -0.4 is 0 Å². The molecule has 5 heteroatoms. The number of fused-ring (bicyclic) bond motifs is 6. The first-order valence-electron chi connectivity index (χ1n) is 16.6. The number of thiophene rings is 1. The monoisotopic (exact) mass is 657 g/mol. The maximum atomic E-state index is 6.21. The molecule has 0 radical (unpaired) electrons. The van der Waals surface area contributed by atoms with Gasteiger partial charge >= 0.3 is 0 Å². The third-order valence-corrected chi connectivity index (χ3v) is 10.5. The van der Waals surface area contributed by atoms with E-state index in [1.807, 2.05) is 60.7 Å². The lowest BCUT2D eigenvalue weighted by atomic mass is 9.99. The van der Waals surface area contributed by atoms with Crippen LogP contribution >= 0.6 is 11.3 Å². The lowest BCUT2D eigenvalue weighted by Crippen LogP contribution is -2.00. The molecule has 0 aliphatic heterocycles. The molecule has 0 unspecified atom stereocenters. The minimum Gasteiger partial charge on any atom is -0.456 e. The lowest BCUT2D eigenvalue weighted by Gasteiger charge is -2.09. The Labute approximate surface area is 292 Å². The molecule has 0 saturated heterocycles. The average Bonchev–Trinajstić information content (AvgIpc) is 3.76. The second kappa shape index (κ2) is 11.6. The molecule has 3 heterocycles. The van der Waals surface area contributed by atoms with E-state index in [-0.39, 0.29) is 0 Å². The van der Waals surface area contributed by atoms with Gasteiger partial charge in [0.1, 0.15) is 11.2 Å². The minimum absolute atomic E-state index is 0.616. The van der Waals surface area contributed by atoms with Crippen LogP contribution in [-0.4, -0.2) is 15.0 Å². The minimum atomic E-state index is 0.616. The Morgan fingerprint density at radius 1 is 0.360 bits per heavy atom. The van der Waals surface area contributed by atoms with E-state index in [0.717, 1.165) is 38.6 Å². The number of hydrogen-bond acceptors (Lipinski definition) is 5. The maximum Gasteiger partial charge on any atom is 0.164 e. The van der Waals surface area contributed by atoms with Crippen molar-refractivity contribution in [3.63, 3.8) is 0 Å². The molecular formula is C45H27N3OS. The van der Waals surface area contributed by atoms with E-state index in [2.05, 4.69) is 103 Å². The highest BCUT2D eigenvalue weighted by molar-refractivity contribution is 7.25. The molecule has 0 aliphatic carbocycles. The van der Waals surface area contributed by atoms with E-state index < -0.39 is 0 Å². The molecule has 4 nitrogen and oxygen atoms in total. The molecule has 10 aromatic rings. The van der Waals surface area contributed by atoms with E-state index in [4.69, 9.17) is 19.4 Å². The first-order valence-corrected chi connectivity index (χ1v) is 17.4. The molecule has 0 aliphatic rings. The molecule has 7 aromatic carbocycles. The number of benzene rings is 7. The van der Waals surface area contributed by atoms with Gasteiger partial charge in [0, 0.05) is 47.6 Å². The highest BCUT2D eigenvalue weighted by Crippen LogP contribution is 2.40. The summed E-state index contributed by atoms with van der Waals surface area (Å²) in [5.41, 5.74) is 9.31. The maximum absolute atomic E-state index is 6.21. The molecule has 0 bridgehead atoms. The normalized spacial score (nSPS) is 11.6. The van der Waals surface area contributed by atoms with Crippen LogP contribution in [0, 0.1) is 0 Å². The first-order chi connectivity index (χ1) is 24.7. The fourth-order valence-electron chi connectivity index (χ4n) is 6.88. The Kier molecular flexibility index (Phi) is 6.64. The quantitative estimate of drug-likeness (QED) is 0.185. The number of rotatable bonds is 5. The van der Waals surface area contributed by atoms with Crippen LogP contribution in [0.2, 0.25) is 0 Å². The predicted octanol–water partition coefficient (Wildman–Crippen LogP) is 12.5. The Morgan fingerprint density at radius 2 is 0.960 bits per heavy atom. The van der Waals surface area contributed by atoms with Crippen LogP contribution in [0.5, 0.6) is 0 Å². The predicted molar refractivity (Wildman–Crippen MR) is 207 cm³/mol. The molecule has 0 fully saturated rings. The van der Waals surface area contributed by atoms with Crippen molar-refractivity contribution in [1.82, 2.24) is 15.0 Å². The van der Waals surface area contributed by atoms with Crippen LogP contribution in [-0.2, 0) is 0 Å². The standard InChI is InChI=1S/C45H27N3OS/c1-3-10-28(11-4-1)29-18-20-30(21-19-29)32-23-25-40-37(26-32)34-24-22-33(27-41(34)50-40)44-46-43(31-12-5-2-6-13-31)47-45(48-44)36-15-9-17-39-42(36)35-14-7-8-16-38(35)49-39/h1-27H. The number of nitrogens with zero attached hydrogens (tertiary/aromatic N) is 3. The number of hydrogen-bond donors (Lipinski definition) is 0. The van der Waals surface area contributed by atoms with Crippen LogP contribution in [0.15, 0.2) is 168 Å². The van der Waals surface area contributed by atoms with Crippen molar-refractivity contribution in [2.45, 2.75) is 0 Å². The van der Waals surface area contributed by atoms with Crippen LogP contribution in [0.4, 0.5) is 0 Å². The van der Waals surface area contributed by atoms with Gasteiger partial charge in [0.25, 0.3) is 0 Å². The van der Waals surface area contributed by atoms with Crippen molar-refractivity contribution in [3.05, 3.63) is 164 Å². The summed E-state index contributed by atoms with van der Waals surface area (Å²) in [7, 11) is 0. The number of aromatic nitrogens is 3. The molecule has 0 spiro atoms. The van der Waals surface area contributed by atoms with E-state index in [1.165, 1.54) is 42.4 Å². The van der Waals surface area contributed by atoms with Gasteiger partial charge in [0.15, 0.2) is 17.5 Å². The lowest BCUT2D eigenvalue weighted by molar-refractivity contribution is 0.669. The van der Waals surface area contributed by atoms with Gasteiger partial charge in [0.05, 0.1) is 0 Å². The largest absolute Gasteiger partial charge is 0.456 e. The average molecular weight is 658 g/mol. The molecule has 0 amide bonds. The van der Waals surface area contributed by atoms with Crippen molar-refractivity contribution in [3.8, 4) is 56.4 Å². The van der Waals surface area contributed by atoms with Gasteiger partial charge < -0.3 is 4.42 Å². The Bertz CT molecular complexity index is 2860. The number of para-hydroxylation sites is 1. The van der Waals surface area contributed by atoms with Crippen molar-refractivity contribution in [2.24, 2.45) is 0 Å². The van der Waals surface area contributed by atoms with Gasteiger partial charge in [0.2, 0.25) is 0 Å². The van der Waals surface area contributed by atoms with E-state index in [9.17, 15) is 0 Å². The summed E-state index contributed by atoms with van der Waals surface area (Å²) >= 11 is 1.80. The zero-order valence-electron chi connectivity index (χ0n) is 26.7. The fraction of sp³-hybridized carbons (Fsp3) is 0. The van der Waals surface area contributed by atoms with E-state index in [1.54, 1.807) is 11.3 Å². The summed E-state index contributed by atoms with van der Waals surface area (Å²) in [6.07, 6.45) is 0. The van der Waals surface area contributed by atoms with Crippen molar-refractivity contribution in [2.75, 3.05) is 0 Å². The van der Waals surface area contributed by atoms with E-state index >= 15 is 0 Å². The van der Waals surface area contributed by atoms with Crippen LogP contribution in [0.3, 0.4) is 0 Å². The zero-order valence-corrected chi connectivity index (χ0v) is 27.6. The summed E-state index contributed by atoms with van der Waals surface area (Å²) in [6.45, 7) is 0. The first kappa shape index (κ1) is 28.6. The summed E-state index contributed by atoms with van der Waals surface area (Å²) in [5.74, 6) is 1.89. The molecule has 234 valence electrons. The summed E-state index contributed by atoms with van der Waals surface area (Å²) in [4.78, 5) is 15.2. The molecule has 10 rings (SSSR count). The van der Waals surface area contributed by atoms with Gasteiger partial charge in [-0.1, -0.05) is 133 Å². The van der Waals surface area contributed by atoms with Crippen molar-refractivity contribution < 1.29 is 4.42 Å². The summed E-state index contributed by atoms with van der Waals surface area (Å²) in [5, 5.41) is 4.52. The second-order valence-corrected chi connectivity index (χ2v) is 13.5. The third-order valence-electron chi connectivity index (χ3n) is 9.37. The second-order valence-electron chi connectivity index (χ2n) is 12.4.